The van der Waals surface area contributed by atoms with E-state index in [1.165, 1.54) is 7.11 Å². The second-order valence-corrected chi connectivity index (χ2v) is 8.90. The standard InChI is InChI=1S/C28H18Cl2N2O4/c1-36-27-18(15-34)10-11-23(31-27)21-6-2-4-19(25(21)29)20-5-3-7-24(26(20)30)32-13-17-9-8-16(14-33)12-22(17)28(32)35/h2-12,14-15H,13H2,1H3. The second kappa shape index (κ2) is 9.57. The van der Waals surface area contributed by atoms with Crippen LogP contribution in [-0.2, 0) is 6.54 Å². The molecule has 0 N–H and O–H groups in total. The lowest BCUT2D eigenvalue weighted by molar-refractivity contribution is 0.0996. The van der Waals surface area contributed by atoms with Gasteiger partial charge in [0, 0.05) is 27.8 Å². The van der Waals surface area contributed by atoms with E-state index < -0.39 is 0 Å². The van der Waals surface area contributed by atoms with Gasteiger partial charge in [-0.15, -0.1) is 0 Å². The normalized spacial score (nSPS) is 12.4. The molecule has 1 amide bonds. The molecule has 8 heteroatoms. The number of pyridine rings is 1. The van der Waals surface area contributed by atoms with Crippen molar-refractivity contribution >= 4 is 47.4 Å². The number of anilines is 1. The van der Waals surface area contributed by atoms with Crippen molar-refractivity contribution in [3.05, 3.63) is 99.0 Å². The molecule has 4 aromatic rings. The van der Waals surface area contributed by atoms with Gasteiger partial charge in [0.1, 0.15) is 6.29 Å². The van der Waals surface area contributed by atoms with Gasteiger partial charge < -0.3 is 9.64 Å². The Morgan fingerprint density at radius 1 is 0.861 bits per heavy atom. The number of rotatable bonds is 6. The molecule has 0 fully saturated rings. The van der Waals surface area contributed by atoms with Crippen LogP contribution in [0.1, 0.15) is 36.6 Å². The minimum atomic E-state index is -0.223. The number of benzene rings is 3. The van der Waals surface area contributed by atoms with E-state index >= 15 is 0 Å². The number of amides is 1. The van der Waals surface area contributed by atoms with Gasteiger partial charge in [-0.2, -0.15) is 0 Å². The summed E-state index contributed by atoms with van der Waals surface area (Å²) in [5.41, 5.74) is 5.11. The molecule has 2 heterocycles. The minimum absolute atomic E-state index is 0.203. The molecule has 0 aliphatic carbocycles. The fourth-order valence-corrected chi connectivity index (χ4v) is 4.97. The molecule has 1 aliphatic rings. The molecule has 1 aliphatic heterocycles. The summed E-state index contributed by atoms with van der Waals surface area (Å²) in [4.78, 5) is 41.6. The van der Waals surface area contributed by atoms with Crippen LogP contribution in [0.2, 0.25) is 10.0 Å². The van der Waals surface area contributed by atoms with Gasteiger partial charge in [-0.1, -0.05) is 65.7 Å². The van der Waals surface area contributed by atoms with Crippen molar-refractivity contribution in [2.75, 3.05) is 12.0 Å². The van der Waals surface area contributed by atoms with E-state index in [9.17, 15) is 14.4 Å². The molecule has 178 valence electrons. The second-order valence-electron chi connectivity index (χ2n) is 8.14. The Morgan fingerprint density at radius 3 is 2.31 bits per heavy atom. The van der Waals surface area contributed by atoms with Crippen molar-refractivity contribution in [1.82, 2.24) is 4.98 Å². The summed E-state index contributed by atoms with van der Waals surface area (Å²) in [7, 11) is 1.44. The molecule has 36 heavy (non-hydrogen) atoms. The summed E-state index contributed by atoms with van der Waals surface area (Å²) in [5, 5.41) is 0.784. The lowest BCUT2D eigenvalue weighted by Gasteiger charge is -2.20. The van der Waals surface area contributed by atoms with E-state index in [4.69, 9.17) is 27.9 Å². The van der Waals surface area contributed by atoms with E-state index in [-0.39, 0.29) is 11.8 Å². The van der Waals surface area contributed by atoms with E-state index in [1.54, 1.807) is 41.3 Å². The number of methoxy groups -OCH3 is 1. The van der Waals surface area contributed by atoms with E-state index in [1.807, 2.05) is 30.3 Å². The first-order valence-corrected chi connectivity index (χ1v) is 11.7. The van der Waals surface area contributed by atoms with Crippen molar-refractivity contribution < 1.29 is 19.1 Å². The monoisotopic (exact) mass is 516 g/mol. The van der Waals surface area contributed by atoms with Gasteiger partial charge in [0.25, 0.3) is 5.91 Å². The van der Waals surface area contributed by atoms with Gasteiger partial charge in [-0.25, -0.2) is 4.98 Å². The molecule has 0 unspecified atom stereocenters. The van der Waals surface area contributed by atoms with Crippen LogP contribution in [0.3, 0.4) is 0 Å². The highest BCUT2D eigenvalue weighted by atomic mass is 35.5. The van der Waals surface area contributed by atoms with Gasteiger partial charge in [0.05, 0.1) is 40.6 Å². The summed E-state index contributed by atoms with van der Waals surface area (Å²) in [6.45, 7) is 0.344. The number of hydrogen-bond acceptors (Lipinski definition) is 5. The van der Waals surface area contributed by atoms with Gasteiger partial charge in [-0.3, -0.25) is 14.4 Å². The molecular weight excluding hydrogens is 499 g/mol. The maximum Gasteiger partial charge on any atom is 0.259 e. The highest BCUT2D eigenvalue weighted by molar-refractivity contribution is 6.39. The molecule has 0 atom stereocenters. The Kier molecular flexibility index (Phi) is 6.31. The maximum absolute atomic E-state index is 13.2. The summed E-state index contributed by atoms with van der Waals surface area (Å²) < 4.78 is 5.23. The van der Waals surface area contributed by atoms with Crippen molar-refractivity contribution in [1.29, 1.82) is 0 Å². The molecule has 3 aromatic carbocycles. The lowest BCUT2D eigenvalue weighted by atomic mass is 10.00. The number of carbonyl (C=O) groups excluding carboxylic acids is 3. The number of aldehydes is 2. The molecule has 0 radical (unpaired) electrons. The number of fused-ring (bicyclic) bond motifs is 1. The summed E-state index contributed by atoms with van der Waals surface area (Å²) in [6, 6.07) is 19.3. The third kappa shape index (κ3) is 3.94. The number of aromatic nitrogens is 1. The van der Waals surface area contributed by atoms with Crippen LogP contribution in [0.4, 0.5) is 5.69 Å². The van der Waals surface area contributed by atoms with Crippen LogP contribution in [0.25, 0.3) is 22.4 Å². The topological polar surface area (TPSA) is 76.6 Å². The van der Waals surface area contributed by atoms with Crippen LogP contribution >= 0.6 is 23.2 Å². The van der Waals surface area contributed by atoms with Crippen LogP contribution in [0, 0.1) is 0 Å². The summed E-state index contributed by atoms with van der Waals surface area (Å²) in [6.07, 6.45) is 1.40. The molecule has 5 rings (SSSR count). The van der Waals surface area contributed by atoms with Crippen molar-refractivity contribution in [2.24, 2.45) is 0 Å². The zero-order valence-electron chi connectivity index (χ0n) is 19.0. The third-order valence-corrected chi connectivity index (χ3v) is 6.92. The van der Waals surface area contributed by atoms with E-state index in [2.05, 4.69) is 4.98 Å². The number of carbonyl (C=O) groups is 3. The average molecular weight is 517 g/mol. The van der Waals surface area contributed by atoms with E-state index in [0.717, 1.165) is 11.8 Å². The number of halogens is 2. The zero-order valence-corrected chi connectivity index (χ0v) is 20.5. The largest absolute Gasteiger partial charge is 0.480 e. The summed E-state index contributed by atoms with van der Waals surface area (Å²) in [5.74, 6) is -0.0204. The quantitative estimate of drug-likeness (QED) is 0.273. The first-order valence-electron chi connectivity index (χ1n) is 10.9. The lowest BCUT2D eigenvalue weighted by Crippen LogP contribution is -2.23. The fourth-order valence-electron chi connectivity index (χ4n) is 4.31. The van der Waals surface area contributed by atoms with Crippen LogP contribution in [-0.4, -0.2) is 30.6 Å². The highest BCUT2D eigenvalue weighted by Crippen LogP contribution is 2.43. The number of hydrogen-bond donors (Lipinski definition) is 0. The Morgan fingerprint density at radius 2 is 1.58 bits per heavy atom. The minimum Gasteiger partial charge on any atom is -0.480 e. The number of ether oxygens (including phenoxy) is 1. The van der Waals surface area contributed by atoms with Crippen LogP contribution in [0.5, 0.6) is 5.88 Å². The Hall–Kier alpha value is -4.00. The van der Waals surface area contributed by atoms with Crippen LogP contribution < -0.4 is 9.64 Å². The van der Waals surface area contributed by atoms with Crippen molar-refractivity contribution in [3.63, 3.8) is 0 Å². The van der Waals surface area contributed by atoms with Crippen molar-refractivity contribution in [3.8, 4) is 28.3 Å². The van der Waals surface area contributed by atoms with Gasteiger partial charge in [0.15, 0.2) is 6.29 Å². The molecule has 6 nitrogen and oxygen atoms in total. The van der Waals surface area contributed by atoms with Crippen LogP contribution in [0.15, 0.2) is 66.7 Å². The average Bonchev–Trinajstić information content (AvgIpc) is 3.24. The van der Waals surface area contributed by atoms with Crippen molar-refractivity contribution in [2.45, 2.75) is 6.54 Å². The Labute approximate surface area is 217 Å². The predicted octanol–water partition coefficient (Wildman–Crippen LogP) is 6.52. The predicted molar refractivity (Wildman–Crippen MR) is 139 cm³/mol. The smallest absolute Gasteiger partial charge is 0.259 e. The Bertz CT molecular complexity index is 1550. The molecule has 0 saturated carbocycles. The maximum atomic E-state index is 13.2. The van der Waals surface area contributed by atoms with Gasteiger partial charge in [0.2, 0.25) is 5.88 Å². The first-order chi connectivity index (χ1) is 17.5. The van der Waals surface area contributed by atoms with Gasteiger partial charge >= 0.3 is 0 Å². The molecule has 1 aromatic heterocycles. The summed E-state index contributed by atoms with van der Waals surface area (Å²) >= 11 is 13.7. The third-order valence-electron chi connectivity index (χ3n) is 6.12. The molecule has 0 bridgehead atoms. The number of nitrogens with zero attached hydrogens (tertiary/aromatic N) is 2. The SMILES string of the molecule is COc1nc(-c2cccc(-c3cccc(N4Cc5ccc(C=O)cc5C4=O)c3Cl)c2Cl)ccc1C=O. The molecule has 0 spiro atoms. The molecular formula is C28H18Cl2N2O4. The first kappa shape index (κ1) is 23.7. The Balaban J connectivity index is 1.56. The molecule has 0 saturated heterocycles. The zero-order chi connectivity index (χ0) is 25.4. The van der Waals surface area contributed by atoms with E-state index in [0.29, 0.717) is 67.6 Å². The van der Waals surface area contributed by atoms with Gasteiger partial charge in [-0.05, 0) is 29.8 Å². The fraction of sp³-hybridized carbons (Fsp3) is 0.0714. The highest BCUT2D eigenvalue weighted by Gasteiger charge is 2.30.